The zero-order chi connectivity index (χ0) is 20.0. The molecule has 5 rings (SSSR count). The second-order valence-electron chi connectivity index (χ2n) is 7.26. The highest BCUT2D eigenvalue weighted by Crippen LogP contribution is 2.44. The lowest BCUT2D eigenvalue weighted by Crippen LogP contribution is -2.39. The molecule has 1 aromatic heterocycles. The van der Waals surface area contributed by atoms with Gasteiger partial charge in [0.1, 0.15) is 6.61 Å². The molecule has 0 unspecified atom stereocenters. The van der Waals surface area contributed by atoms with Crippen molar-refractivity contribution in [2.75, 3.05) is 13.2 Å². The number of hydrogen-bond acceptors (Lipinski definition) is 4. The van der Waals surface area contributed by atoms with Gasteiger partial charge in [-0.25, -0.2) is 14.6 Å². The van der Waals surface area contributed by atoms with Crippen LogP contribution in [0.1, 0.15) is 33.2 Å². The van der Waals surface area contributed by atoms with E-state index in [2.05, 4.69) is 29.2 Å². The second kappa shape index (κ2) is 6.77. The van der Waals surface area contributed by atoms with Crippen LogP contribution in [0.15, 0.2) is 54.9 Å². The quantitative estimate of drug-likeness (QED) is 0.743. The van der Waals surface area contributed by atoms with Crippen molar-refractivity contribution >= 4 is 12.1 Å². The number of benzene rings is 2. The summed E-state index contributed by atoms with van der Waals surface area (Å²) in [6.45, 7) is 1.38. The van der Waals surface area contributed by atoms with E-state index >= 15 is 0 Å². The van der Waals surface area contributed by atoms with E-state index in [0.29, 0.717) is 18.8 Å². The molecule has 2 aromatic carbocycles. The van der Waals surface area contributed by atoms with Gasteiger partial charge in [0.2, 0.25) is 0 Å². The molecule has 7 nitrogen and oxygen atoms in total. The zero-order valence-electron chi connectivity index (χ0n) is 15.6. The third kappa shape index (κ3) is 2.86. The largest absolute Gasteiger partial charge is 0.476 e. The lowest BCUT2D eigenvalue weighted by molar-refractivity contribution is 0.0680. The summed E-state index contributed by atoms with van der Waals surface area (Å²) in [7, 11) is 0. The predicted molar refractivity (Wildman–Crippen MR) is 105 cm³/mol. The van der Waals surface area contributed by atoms with Crippen molar-refractivity contribution in [1.82, 2.24) is 14.5 Å². The highest BCUT2D eigenvalue weighted by Gasteiger charge is 2.31. The number of carbonyl (C=O) groups is 2. The third-order valence-electron chi connectivity index (χ3n) is 5.69. The minimum atomic E-state index is -1.09. The van der Waals surface area contributed by atoms with Crippen LogP contribution in [-0.4, -0.2) is 44.8 Å². The first-order valence-electron chi connectivity index (χ1n) is 9.50. The van der Waals surface area contributed by atoms with Crippen LogP contribution in [0.2, 0.25) is 0 Å². The summed E-state index contributed by atoms with van der Waals surface area (Å²) in [6.07, 6.45) is 1.07. The molecule has 29 heavy (non-hydrogen) atoms. The molecule has 2 heterocycles. The number of hydrogen-bond donors (Lipinski definition) is 1. The maximum absolute atomic E-state index is 12.7. The Hall–Kier alpha value is -3.61. The molecule has 146 valence electrons. The Labute approximate surface area is 167 Å². The van der Waals surface area contributed by atoms with E-state index in [1.807, 2.05) is 24.3 Å². The Bertz CT molecular complexity index is 1080. The van der Waals surface area contributed by atoms with Gasteiger partial charge in [0, 0.05) is 19.0 Å². The molecule has 7 heteroatoms. The monoisotopic (exact) mass is 389 g/mol. The highest BCUT2D eigenvalue weighted by molar-refractivity contribution is 5.87. The number of carboxylic acids is 1. The Morgan fingerprint density at radius 1 is 1.03 bits per heavy atom. The fraction of sp³-hybridized carbons (Fsp3) is 0.227. The summed E-state index contributed by atoms with van der Waals surface area (Å²) in [5.74, 6) is -1.09. The van der Waals surface area contributed by atoms with Crippen LogP contribution in [0.3, 0.4) is 0 Å². The number of carbonyl (C=O) groups excluding carboxylic acids is 1. The molecule has 0 saturated heterocycles. The number of aromatic nitrogens is 2. The van der Waals surface area contributed by atoms with Crippen molar-refractivity contribution in [1.29, 1.82) is 0 Å². The summed E-state index contributed by atoms with van der Waals surface area (Å²) in [4.78, 5) is 29.5. The first-order chi connectivity index (χ1) is 14.1. The van der Waals surface area contributed by atoms with Gasteiger partial charge in [0.25, 0.3) is 0 Å². The SMILES string of the molecule is O=C(O)c1ncn2c1CN(C(=O)OCC1c3ccccc3-c3ccccc31)CC2. The lowest BCUT2D eigenvalue weighted by atomic mass is 9.98. The molecule has 1 N–H and O–H groups in total. The van der Waals surface area contributed by atoms with E-state index in [1.165, 1.54) is 22.4 Å². The molecule has 0 atom stereocenters. The number of amides is 1. The molecule has 0 saturated carbocycles. The van der Waals surface area contributed by atoms with Crippen molar-refractivity contribution in [3.8, 4) is 11.1 Å². The van der Waals surface area contributed by atoms with Crippen molar-refractivity contribution in [3.63, 3.8) is 0 Å². The van der Waals surface area contributed by atoms with Gasteiger partial charge in [-0.2, -0.15) is 0 Å². The fourth-order valence-electron chi connectivity index (χ4n) is 4.27. The molecule has 1 amide bonds. The van der Waals surface area contributed by atoms with Gasteiger partial charge in [-0.05, 0) is 22.3 Å². The molecule has 0 spiro atoms. The second-order valence-corrected chi connectivity index (χ2v) is 7.26. The summed E-state index contributed by atoms with van der Waals surface area (Å²) >= 11 is 0. The fourth-order valence-corrected chi connectivity index (χ4v) is 4.27. The van der Waals surface area contributed by atoms with Crippen molar-refractivity contribution in [3.05, 3.63) is 77.4 Å². The molecule has 2 aliphatic rings. The van der Waals surface area contributed by atoms with Crippen LogP contribution in [0.4, 0.5) is 4.79 Å². The van der Waals surface area contributed by atoms with Gasteiger partial charge in [-0.3, -0.25) is 0 Å². The number of nitrogens with zero attached hydrogens (tertiary/aromatic N) is 3. The predicted octanol–water partition coefficient (Wildman–Crippen LogP) is 3.35. The van der Waals surface area contributed by atoms with E-state index < -0.39 is 12.1 Å². The van der Waals surface area contributed by atoms with E-state index in [4.69, 9.17) is 4.74 Å². The van der Waals surface area contributed by atoms with Gasteiger partial charge < -0.3 is 19.3 Å². The first-order valence-corrected chi connectivity index (χ1v) is 9.50. The lowest BCUT2D eigenvalue weighted by Gasteiger charge is -2.28. The summed E-state index contributed by atoms with van der Waals surface area (Å²) in [5, 5.41) is 9.28. The summed E-state index contributed by atoms with van der Waals surface area (Å²) < 4.78 is 7.46. The number of rotatable bonds is 3. The maximum atomic E-state index is 12.7. The van der Waals surface area contributed by atoms with E-state index in [1.54, 1.807) is 4.57 Å². The van der Waals surface area contributed by atoms with Crippen LogP contribution in [0.25, 0.3) is 11.1 Å². The number of fused-ring (bicyclic) bond motifs is 4. The number of aromatic carboxylic acids is 1. The van der Waals surface area contributed by atoms with Crippen LogP contribution in [0.5, 0.6) is 0 Å². The van der Waals surface area contributed by atoms with E-state index in [9.17, 15) is 14.7 Å². The van der Waals surface area contributed by atoms with Gasteiger partial charge in [-0.15, -0.1) is 0 Å². The van der Waals surface area contributed by atoms with Crippen LogP contribution < -0.4 is 0 Å². The van der Waals surface area contributed by atoms with Crippen molar-refractivity contribution < 1.29 is 19.4 Å². The van der Waals surface area contributed by atoms with E-state index in [-0.39, 0.29) is 24.8 Å². The molecule has 1 aliphatic heterocycles. The van der Waals surface area contributed by atoms with Gasteiger partial charge in [-0.1, -0.05) is 48.5 Å². The Morgan fingerprint density at radius 2 is 1.69 bits per heavy atom. The van der Waals surface area contributed by atoms with Crippen LogP contribution in [0, 0.1) is 0 Å². The number of carboxylic acid groups (broad SMARTS) is 1. The number of ether oxygens (including phenoxy) is 1. The highest BCUT2D eigenvalue weighted by atomic mass is 16.6. The topological polar surface area (TPSA) is 84.7 Å². The Morgan fingerprint density at radius 3 is 2.34 bits per heavy atom. The molecular weight excluding hydrogens is 370 g/mol. The zero-order valence-corrected chi connectivity index (χ0v) is 15.6. The Kier molecular flexibility index (Phi) is 4.08. The standard InChI is InChI=1S/C22H19N3O4/c26-21(27)20-19-11-24(9-10-25(19)13-23-20)22(28)29-12-18-16-7-3-1-5-14(16)15-6-2-4-8-17(15)18/h1-8,13,18H,9-12H2,(H,26,27). The normalized spacial score (nSPS) is 14.8. The third-order valence-corrected chi connectivity index (χ3v) is 5.69. The molecule has 3 aromatic rings. The maximum Gasteiger partial charge on any atom is 0.410 e. The minimum absolute atomic E-state index is 0.00347. The van der Waals surface area contributed by atoms with Crippen molar-refractivity contribution in [2.45, 2.75) is 19.0 Å². The first kappa shape index (κ1) is 17.5. The van der Waals surface area contributed by atoms with Crippen LogP contribution in [-0.2, 0) is 17.8 Å². The molecule has 0 bridgehead atoms. The van der Waals surface area contributed by atoms with Crippen molar-refractivity contribution in [2.24, 2.45) is 0 Å². The Balaban J connectivity index is 1.33. The van der Waals surface area contributed by atoms with Gasteiger partial charge in [0.15, 0.2) is 5.69 Å². The number of imidazole rings is 1. The molecular formula is C22H19N3O4. The average Bonchev–Trinajstić information content (AvgIpc) is 3.31. The average molecular weight is 389 g/mol. The van der Waals surface area contributed by atoms with Crippen LogP contribution >= 0.6 is 0 Å². The smallest absolute Gasteiger partial charge is 0.410 e. The van der Waals surface area contributed by atoms with Gasteiger partial charge >= 0.3 is 12.1 Å². The molecule has 1 aliphatic carbocycles. The molecule has 0 radical (unpaired) electrons. The van der Waals surface area contributed by atoms with Gasteiger partial charge in [0.05, 0.1) is 18.6 Å². The summed E-state index contributed by atoms with van der Waals surface area (Å²) in [6, 6.07) is 16.4. The summed E-state index contributed by atoms with van der Waals surface area (Å²) in [5.41, 5.74) is 5.19. The van der Waals surface area contributed by atoms with E-state index in [0.717, 1.165) is 11.1 Å². The minimum Gasteiger partial charge on any atom is -0.476 e. The molecule has 0 fully saturated rings.